The van der Waals surface area contributed by atoms with Gasteiger partial charge >= 0.3 is 5.97 Å². The lowest BCUT2D eigenvalue weighted by Gasteiger charge is -2.39. The number of nitrogens with one attached hydrogen (secondary N) is 2. The zero-order chi connectivity index (χ0) is 23.6. The first-order chi connectivity index (χ1) is 15.9. The van der Waals surface area contributed by atoms with Gasteiger partial charge in [0.2, 0.25) is 5.91 Å². The van der Waals surface area contributed by atoms with Gasteiger partial charge in [-0.05, 0) is 57.8 Å². The Kier molecular flexibility index (Phi) is 10.2. The van der Waals surface area contributed by atoms with E-state index in [1.165, 1.54) is 19.3 Å². The van der Waals surface area contributed by atoms with Gasteiger partial charge in [0.1, 0.15) is 0 Å². The highest BCUT2D eigenvalue weighted by Gasteiger charge is 2.33. The average Bonchev–Trinajstić information content (AvgIpc) is 2.82. The number of carbonyl (C=O) groups is 2. The van der Waals surface area contributed by atoms with Crippen LogP contribution in [0.15, 0.2) is 0 Å². The fourth-order valence-electron chi connectivity index (χ4n) is 5.52. The van der Waals surface area contributed by atoms with Gasteiger partial charge in [-0.25, -0.2) is 0 Å². The Morgan fingerprint density at radius 3 is 2.39 bits per heavy atom. The van der Waals surface area contributed by atoms with Crippen LogP contribution in [-0.4, -0.2) is 83.2 Å². The molecule has 0 bridgehead atoms. The van der Waals surface area contributed by atoms with E-state index >= 15 is 0 Å². The summed E-state index contributed by atoms with van der Waals surface area (Å²) in [6, 6.07) is 0.0552. The topological polar surface area (TPSA) is 132 Å². The minimum atomic E-state index is -0.849. The molecule has 2 atom stereocenters. The second-order valence-electron chi connectivity index (χ2n) is 9.90. The highest BCUT2D eigenvalue weighted by Crippen LogP contribution is 2.24. The van der Waals surface area contributed by atoms with E-state index in [0.717, 1.165) is 71.0 Å². The molecule has 1 amide bonds. The van der Waals surface area contributed by atoms with Crippen molar-refractivity contribution in [3.8, 4) is 0 Å². The third-order valence-corrected chi connectivity index (χ3v) is 7.48. The second-order valence-corrected chi connectivity index (χ2v) is 9.90. The first kappa shape index (κ1) is 25.7. The Balaban J connectivity index is 1.51. The fraction of sp³-hybridized carbons (Fsp3) is 0.875. The second kappa shape index (κ2) is 13.1. The van der Waals surface area contributed by atoms with Gasteiger partial charge in [0.05, 0.1) is 12.1 Å². The van der Waals surface area contributed by atoms with E-state index in [2.05, 4.69) is 5.32 Å². The molecule has 3 aliphatic rings. The predicted octanol–water partition coefficient (Wildman–Crippen LogP) is 2.29. The molecule has 9 heteroatoms. The Labute approximate surface area is 197 Å². The van der Waals surface area contributed by atoms with Crippen LogP contribution in [0.5, 0.6) is 0 Å². The Morgan fingerprint density at radius 1 is 1.03 bits per heavy atom. The average molecular weight is 466 g/mol. The molecule has 0 aromatic rings. The molecular formula is C24H43N5O4. The van der Waals surface area contributed by atoms with Crippen molar-refractivity contribution in [1.82, 2.24) is 15.1 Å². The number of nitrogens with zero attached hydrogens (tertiary/aromatic N) is 2. The Hall–Kier alpha value is -1.87. The largest absolute Gasteiger partial charge is 0.481 e. The number of ether oxygens (including phenoxy) is 1. The number of hydrogen-bond acceptors (Lipinski definition) is 5. The molecular weight excluding hydrogens is 422 g/mol. The van der Waals surface area contributed by atoms with Crippen molar-refractivity contribution in [3.05, 3.63) is 0 Å². The number of aliphatic carboxylic acids is 1. The molecule has 188 valence electrons. The van der Waals surface area contributed by atoms with E-state index in [1.54, 1.807) is 0 Å². The van der Waals surface area contributed by atoms with Gasteiger partial charge in [-0.3, -0.25) is 15.0 Å². The van der Waals surface area contributed by atoms with E-state index < -0.39 is 12.0 Å². The Bertz CT molecular complexity index is 647. The van der Waals surface area contributed by atoms with Crippen molar-refractivity contribution >= 4 is 17.8 Å². The monoisotopic (exact) mass is 465 g/mol. The molecule has 0 aromatic heterocycles. The minimum Gasteiger partial charge on any atom is -0.481 e. The summed E-state index contributed by atoms with van der Waals surface area (Å²) in [5.41, 5.74) is 5.57. The minimum absolute atomic E-state index is 0.0106. The summed E-state index contributed by atoms with van der Waals surface area (Å²) < 4.78 is 6.13. The Morgan fingerprint density at radius 2 is 1.73 bits per heavy atom. The summed E-state index contributed by atoms with van der Waals surface area (Å²) in [5, 5.41) is 20.3. The zero-order valence-corrected chi connectivity index (χ0v) is 20.0. The van der Waals surface area contributed by atoms with E-state index in [9.17, 15) is 14.7 Å². The van der Waals surface area contributed by atoms with Crippen LogP contribution in [0.2, 0.25) is 0 Å². The third-order valence-electron chi connectivity index (χ3n) is 7.48. The van der Waals surface area contributed by atoms with Crippen LogP contribution in [0.1, 0.15) is 83.5 Å². The van der Waals surface area contributed by atoms with Crippen LogP contribution in [-0.2, 0) is 14.3 Å². The number of carboxylic acid groups (broad SMARTS) is 1. The quantitative estimate of drug-likeness (QED) is 0.287. The van der Waals surface area contributed by atoms with E-state index in [0.29, 0.717) is 19.1 Å². The summed E-state index contributed by atoms with van der Waals surface area (Å²) in [6.07, 6.45) is 11.9. The summed E-state index contributed by atoms with van der Waals surface area (Å²) >= 11 is 0. The molecule has 2 heterocycles. The molecule has 3 rings (SSSR count). The van der Waals surface area contributed by atoms with Crippen LogP contribution in [0.4, 0.5) is 0 Å². The lowest BCUT2D eigenvalue weighted by atomic mass is 9.93. The highest BCUT2D eigenvalue weighted by molar-refractivity contribution is 5.83. The third kappa shape index (κ3) is 8.14. The predicted molar refractivity (Wildman–Crippen MR) is 127 cm³/mol. The first-order valence-electron chi connectivity index (χ1n) is 12.9. The number of amides is 1. The van der Waals surface area contributed by atoms with Crippen molar-refractivity contribution < 1.29 is 19.4 Å². The van der Waals surface area contributed by atoms with Crippen molar-refractivity contribution in [1.29, 1.82) is 5.41 Å². The number of carboxylic acids is 1. The number of nitrogens with two attached hydrogens (primary N) is 1. The number of guanidine groups is 1. The maximum absolute atomic E-state index is 13.6. The molecule has 0 radical (unpaired) electrons. The van der Waals surface area contributed by atoms with E-state index in [4.69, 9.17) is 15.9 Å². The lowest BCUT2D eigenvalue weighted by Crippen LogP contribution is -2.54. The fourth-order valence-corrected chi connectivity index (χ4v) is 5.52. The summed E-state index contributed by atoms with van der Waals surface area (Å²) in [4.78, 5) is 28.6. The molecule has 2 saturated heterocycles. The smallest absolute Gasteiger partial charge is 0.303 e. The number of hydrogen-bond donors (Lipinski definition) is 4. The lowest BCUT2D eigenvalue weighted by molar-refractivity contribution is -0.139. The maximum atomic E-state index is 13.6. The SMILES string of the molecule is N=C(N)N1CCC(OCCC2CCCCN2C(=O)[C@H](CCC(=O)O)NC2CCCCC2)CC1. The van der Waals surface area contributed by atoms with Gasteiger partial charge in [0.25, 0.3) is 0 Å². The van der Waals surface area contributed by atoms with E-state index in [1.807, 2.05) is 9.80 Å². The number of piperidine rings is 2. The van der Waals surface area contributed by atoms with Crippen LogP contribution in [0.25, 0.3) is 0 Å². The van der Waals surface area contributed by atoms with Crippen molar-refractivity contribution in [2.75, 3.05) is 26.2 Å². The van der Waals surface area contributed by atoms with Gasteiger partial charge < -0.3 is 30.7 Å². The summed E-state index contributed by atoms with van der Waals surface area (Å²) in [7, 11) is 0. The van der Waals surface area contributed by atoms with Gasteiger partial charge in [0.15, 0.2) is 5.96 Å². The van der Waals surface area contributed by atoms with Gasteiger partial charge in [0, 0.05) is 44.7 Å². The van der Waals surface area contributed by atoms with Gasteiger partial charge in [-0.2, -0.15) is 0 Å². The first-order valence-corrected chi connectivity index (χ1v) is 12.9. The molecule has 5 N–H and O–H groups in total. The van der Waals surface area contributed by atoms with Crippen molar-refractivity contribution in [2.45, 2.75) is 108 Å². The molecule has 3 fully saturated rings. The molecule has 1 saturated carbocycles. The summed E-state index contributed by atoms with van der Waals surface area (Å²) in [5.74, 6) is -0.650. The van der Waals surface area contributed by atoms with Crippen molar-refractivity contribution in [2.24, 2.45) is 5.73 Å². The van der Waals surface area contributed by atoms with Gasteiger partial charge in [-0.1, -0.05) is 19.3 Å². The molecule has 1 aliphatic carbocycles. The molecule has 2 aliphatic heterocycles. The van der Waals surface area contributed by atoms with Crippen LogP contribution in [0.3, 0.4) is 0 Å². The van der Waals surface area contributed by atoms with Gasteiger partial charge in [-0.15, -0.1) is 0 Å². The van der Waals surface area contributed by atoms with Crippen molar-refractivity contribution in [3.63, 3.8) is 0 Å². The normalized spacial score (nSPS) is 23.9. The molecule has 1 unspecified atom stereocenters. The molecule has 33 heavy (non-hydrogen) atoms. The highest BCUT2D eigenvalue weighted by atomic mass is 16.5. The maximum Gasteiger partial charge on any atom is 0.303 e. The van der Waals surface area contributed by atoms with Crippen LogP contribution < -0.4 is 11.1 Å². The molecule has 0 spiro atoms. The van der Waals surface area contributed by atoms with Crippen LogP contribution >= 0.6 is 0 Å². The van der Waals surface area contributed by atoms with Crippen LogP contribution in [0, 0.1) is 5.41 Å². The number of rotatable bonds is 10. The molecule has 9 nitrogen and oxygen atoms in total. The summed E-state index contributed by atoms with van der Waals surface area (Å²) in [6.45, 7) is 2.88. The molecule has 0 aromatic carbocycles. The van der Waals surface area contributed by atoms with E-state index in [-0.39, 0.29) is 30.4 Å². The number of likely N-dealkylation sites (tertiary alicyclic amines) is 2. The number of carbonyl (C=O) groups excluding carboxylic acids is 1. The standard InChI is InChI=1S/C24H43N5O4/c25-24(26)28-15-11-20(12-16-28)33-17-13-19-8-4-5-14-29(19)23(32)21(9-10-22(30)31)27-18-6-2-1-3-7-18/h18-21,27H,1-17H2,(H3,25,26)(H,30,31)/t19?,21-/m0/s1. The zero-order valence-electron chi connectivity index (χ0n) is 20.0.